The third kappa shape index (κ3) is 2.85. The van der Waals surface area contributed by atoms with Crippen molar-refractivity contribution in [2.45, 2.75) is 12.6 Å². The summed E-state index contributed by atoms with van der Waals surface area (Å²) < 4.78 is 19.4. The van der Waals surface area contributed by atoms with Crippen molar-refractivity contribution in [3.8, 4) is 0 Å². The summed E-state index contributed by atoms with van der Waals surface area (Å²) in [5.74, 6) is -0.271. The molecule has 1 aliphatic heterocycles. The molecule has 20 heavy (non-hydrogen) atoms. The highest BCUT2D eigenvalue weighted by atomic mass is 35.5. The van der Waals surface area contributed by atoms with Crippen molar-refractivity contribution in [2.24, 2.45) is 0 Å². The van der Waals surface area contributed by atoms with E-state index in [4.69, 9.17) is 16.3 Å². The van der Waals surface area contributed by atoms with Crippen molar-refractivity contribution in [1.82, 2.24) is 15.1 Å². The summed E-state index contributed by atoms with van der Waals surface area (Å²) >= 11 is 5.78. The number of halogens is 2. The van der Waals surface area contributed by atoms with Gasteiger partial charge in [-0.15, -0.1) is 0 Å². The number of nitrogens with one attached hydrogen (secondary N) is 1. The summed E-state index contributed by atoms with van der Waals surface area (Å²) in [6, 6.07) is 6.79. The summed E-state index contributed by atoms with van der Waals surface area (Å²) in [6.07, 6.45) is 1.71. The Morgan fingerprint density at radius 2 is 2.35 bits per heavy atom. The van der Waals surface area contributed by atoms with Crippen molar-refractivity contribution in [1.29, 1.82) is 0 Å². The summed E-state index contributed by atoms with van der Waals surface area (Å²) in [6.45, 7) is 2.51. The molecule has 1 fully saturated rings. The number of hydrogen-bond donors (Lipinski definition) is 1. The number of ether oxygens (including phenoxy) is 1. The fourth-order valence-electron chi connectivity index (χ4n) is 2.43. The lowest BCUT2D eigenvalue weighted by atomic mass is 10.1. The first-order valence-electron chi connectivity index (χ1n) is 6.49. The predicted molar refractivity (Wildman–Crippen MR) is 74.0 cm³/mol. The van der Waals surface area contributed by atoms with E-state index in [1.54, 1.807) is 18.3 Å². The molecule has 2 aromatic rings. The standard InChI is InChI=1S/C14H15ClFN3O/c15-11-2-1-10(12(16)7-11)8-19-5-6-20-9-14(19)13-3-4-17-18-13/h1-4,7,14H,5-6,8-9H2,(H,17,18)/t14-/m1/s1. The van der Waals surface area contributed by atoms with Crippen LogP contribution in [0.4, 0.5) is 4.39 Å². The number of hydrogen-bond acceptors (Lipinski definition) is 3. The molecule has 0 spiro atoms. The van der Waals surface area contributed by atoms with E-state index in [0.717, 1.165) is 12.2 Å². The lowest BCUT2D eigenvalue weighted by Gasteiger charge is -2.34. The van der Waals surface area contributed by atoms with Crippen molar-refractivity contribution in [3.05, 3.63) is 52.6 Å². The van der Waals surface area contributed by atoms with Crippen molar-refractivity contribution in [2.75, 3.05) is 19.8 Å². The van der Waals surface area contributed by atoms with Crippen molar-refractivity contribution in [3.63, 3.8) is 0 Å². The Hall–Kier alpha value is -1.43. The highest BCUT2D eigenvalue weighted by Crippen LogP contribution is 2.25. The lowest BCUT2D eigenvalue weighted by Crippen LogP contribution is -2.39. The quantitative estimate of drug-likeness (QED) is 0.947. The van der Waals surface area contributed by atoms with E-state index < -0.39 is 0 Å². The first-order valence-corrected chi connectivity index (χ1v) is 6.87. The van der Waals surface area contributed by atoms with Gasteiger partial charge in [0.15, 0.2) is 0 Å². The smallest absolute Gasteiger partial charge is 0.129 e. The maximum atomic E-state index is 13.9. The van der Waals surface area contributed by atoms with Crippen molar-refractivity contribution >= 4 is 11.6 Å². The van der Waals surface area contributed by atoms with Crippen LogP contribution in [0.1, 0.15) is 17.3 Å². The van der Waals surface area contributed by atoms with Crippen LogP contribution in [-0.2, 0) is 11.3 Å². The topological polar surface area (TPSA) is 41.1 Å². The number of morpholine rings is 1. The molecule has 1 aliphatic rings. The number of aromatic amines is 1. The fraction of sp³-hybridized carbons (Fsp3) is 0.357. The van der Waals surface area contributed by atoms with Crippen LogP contribution in [0.15, 0.2) is 30.5 Å². The highest BCUT2D eigenvalue weighted by molar-refractivity contribution is 6.30. The Bertz CT molecular complexity index is 576. The molecule has 0 radical (unpaired) electrons. The maximum absolute atomic E-state index is 13.9. The van der Waals surface area contributed by atoms with Crippen LogP contribution in [0.5, 0.6) is 0 Å². The zero-order valence-electron chi connectivity index (χ0n) is 10.9. The van der Waals surface area contributed by atoms with E-state index in [1.807, 2.05) is 6.07 Å². The second-order valence-electron chi connectivity index (χ2n) is 4.81. The summed E-state index contributed by atoms with van der Waals surface area (Å²) in [5.41, 5.74) is 1.62. The highest BCUT2D eigenvalue weighted by Gasteiger charge is 2.26. The fourth-order valence-corrected chi connectivity index (χ4v) is 2.59. The average Bonchev–Trinajstić information content (AvgIpc) is 2.96. The molecule has 6 heteroatoms. The first kappa shape index (κ1) is 13.5. The molecular formula is C14H15ClFN3O. The van der Waals surface area contributed by atoms with Gasteiger partial charge in [0.25, 0.3) is 0 Å². The van der Waals surface area contributed by atoms with Gasteiger partial charge in [0.2, 0.25) is 0 Å². The van der Waals surface area contributed by atoms with E-state index in [2.05, 4.69) is 15.1 Å². The van der Waals surface area contributed by atoms with Crippen LogP contribution in [-0.4, -0.2) is 34.9 Å². The molecule has 0 aliphatic carbocycles. The van der Waals surface area contributed by atoms with Gasteiger partial charge >= 0.3 is 0 Å². The Balaban J connectivity index is 1.80. The van der Waals surface area contributed by atoms with Gasteiger partial charge in [0.05, 0.1) is 24.9 Å². The number of nitrogens with zero attached hydrogens (tertiary/aromatic N) is 2. The minimum Gasteiger partial charge on any atom is -0.378 e. The molecule has 0 saturated carbocycles. The van der Waals surface area contributed by atoms with Gasteiger partial charge in [0.1, 0.15) is 5.82 Å². The molecule has 4 nitrogen and oxygen atoms in total. The van der Waals surface area contributed by atoms with E-state index in [0.29, 0.717) is 30.3 Å². The molecule has 0 bridgehead atoms. The van der Waals surface area contributed by atoms with Crippen molar-refractivity contribution < 1.29 is 9.13 Å². The molecule has 3 rings (SSSR count). The largest absolute Gasteiger partial charge is 0.378 e. The van der Waals surface area contributed by atoms with Gasteiger partial charge in [0, 0.05) is 29.9 Å². The molecule has 0 unspecified atom stereocenters. The molecular weight excluding hydrogens is 281 g/mol. The van der Waals surface area contributed by atoms with Crippen LogP contribution in [0.3, 0.4) is 0 Å². The lowest BCUT2D eigenvalue weighted by molar-refractivity contribution is -0.0147. The van der Waals surface area contributed by atoms with Crippen LogP contribution in [0.25, 0.3) is 0 Å². The number of rotatable bonds is 3. The monoisotopic (exact) mass is 295 g/mol. The van der Waals surface area contributed by atoms with Gasteiger partial charge in [-0.2, -0.15) is 5.10 Å². The number of H-pyrrole nitrogens is 1. The minimum absolute atomic E-state index is 0.0707. The third-order valence-corrected chi connectivity index (χ3v) is 3.74. The number of benzene rings is 1. The first-order chi connectivity index (χ1) is 9.74. The minimum atomic E-state index is -0.271. The normalized spacial score (nSPS) is 20.2. The predicted octanol–water partition coefficient (Wildman–Crippen LogP) is 2.78. The molecule has 1 atom stereocenters. The molecule has 2 heterocycles. The van der Waals surface area contributed by atoms with Crippen LogP contribution >= 0.6 is 11.6 Å². The Morgan fingerprint density at radius 1 is 1.45 bits per heavy atom. The zero-order chi connectivity index (χ0) is 13.9. The summed E-state index contributed by atoms with van der Waals surface area (Å²) in [5, 5.41) is 7.34. The van der Waals surface area contributed by atoms with E-state index in [-0.39, 0.29) is 11.9 Å². The molecule has 1 N–H and O–H groups in total. The Kier molecular flexibility index (Phi) is 4.00. The average molecular weight is 296 g/mol. The molecule has 0 amide bonds. The van der Waals surface area contributed by atoms with Crippen LogP contribution in [0, 0.1) is 5.82 Å². The molecule has 1 aromatic carbocycles. The number of aromatic nitrogens is 2. The third-order valence-electron chi connectivity index (χ3n) is 3.51. The van der Waals surface area contributed by atoms with E-state index in [1.165, 1.54) is 6.07 Å². The summed E-state index contributed by atoms with van der Waals surface area (Å²) in [4.78, 5) is 2.18. The SMILES string of the molecule is Fc1cc(Cl)ccc1CN1CCOC[C@@H]1c1ccn[nH]1. The summed E-state index contributed by atoms with van der Waals surface area (Å²) in [7, 11) is 0. The van der Waals surface area contributed by atoms with Gasteiger partial charge in [-0.05, 0) is 18.2 Å². The molecule has 1 aromatic heterocycles. The molecule has 1 saturated heterocycles. The second-order valence-corrected chi connectivity index (χ2v) is 5.25. The Labute approximate surface area is 121 Å². The second kappa shape index (κ2) is 5.91. The zero-order valence-corrected chi connectivity index (χ0v) is 11.6. The van der Waals surface area contributed by atoms with Gasteiger partial charge < -0.3 is 4.74 Å². The van der Waals surface area contributed by atoms with Gasteiger partial charge in [-0.1, -0.05) is 17.7 Å². The maximum Gasteiger partial charge on any atom is 0.129 e. The van der Waals surface area contributed by atoms with E-state index in [9.17, 15) is 4.39 Å². The van der Waals surface area contributed by atoms with Gasteiger partial charge in [-0.3, -0.25) is 10.00 Å². The van der Waals surface area contributed by atoms with E-state index >= 15 is 0 Å². The molecule has 106 valence electrons. The van der Waals surface area contributed by atoms with Crippen LogP contribution in [0.2, 0.25) is 5.02 Å². The van der Waals surface area contributed by atoms with Crippen LogP contribution < -0.4 is 0 Å². The Morgan fingerprint density at radius 3 is 3.10 bits per heavy atom. The van der Waals surface area contributed by atoms with Gasteiger partial charge in [-0.25, -0.2) is 4.39 Å².